The number of nitrogens with one attached hydrogen (secondary N) is 1. The molecule has 7 nitrogen and oxygen atoms in total. The van der Waals surface area contributed by atoms with Crippen LogP contribution in [-0.4, -0.2) is 39.2 Å². The van der Waals surface area contributed by atoms with Gasteiger partial charge in [0.1, 0.15) is 6.04 Å². The van der Waals surface area contributed by atoms with E-state index in [1.54, 1.807) is 26.0 Å². The second kappa shape index (κ2) is 10.1. The Hall–Kier alpha value is -2.29. The Kier molecular flexibility index (Phi) is 8.11. The predicted octanol–water partition coefficient (Wildman–Crippen LogP) is 4.35. The minimum atomic E-state index is -3.77. The van der Waals surface area contributed by atoms with E-state index in [0.29, 0.717) is 16.4 Å². The van der Waals surface area contributed by atoms with Crippen LogP contribution >= 0.6 is 23.2 Å². The highest BCUT2D eigenvalue weighted by atomic mass is 35.5. The first-order valence-corrected chi connectivity index (χ1v) is 11.7. The van der Waals surface area contributed by atoms with Crippen molar-refractivity contribution in [2.24, 2.45) is 0 Å². The molecule has 0 aliphatic carbocycles. The van der Waals surface area contributed by atoms with E-state index >= 15 is 0 Å². The van der Waals surface area contributed by atoms with Gasteiger partial charge in [0.05, 0.1) is 29.1 Å². The van der Waals surface area contributed by atoms with E-state index in [9.17, 15) is 18.0 Å². The third-order valence-electron chi connectivity index (χ3n) is 4.14. The molecule has 1 atom stereocenters. The minimum Gasteiger partial charge on any atom is -0.462 e. The highest BCUT2D eigenvalue weighted by Gasteiger charge is 2.31. The maximum Gasteiger partial charge on any atom is 0.339 e. The molecule has 0 aromatic heterocycles. The van der Waals surface area contributed by atoms with Crippen LogP contribution in [0.5, 0.6) is 0 Å². The summed E-state index contributed by atoms with van der Waals surface area (Å²) in [7, 11) is -3.77. The summed E-state index contributed by atoms with van der Waals surface area (Å²) in [4.78, 5) is 24.8. The van der Waals surface area contributed by atoms with Crippen molar-refractivity contribution in [3.8, 4) is 0 Å². The molecule has 2 aromatic rings. The van der Waals surface area contributed by atoms with E-state index in [1.807, 2.05) is 0 Å². The van der Waals surface area contributed by atoms with Gasteiger partial charge in [-0.2, -0.15) is 0 Å². The van der Waals surface area contributed by atoms with Crippen LogP contribution in [0.2, 0.25) is 10.0 Å². The van der Waals surface area contributed by atoms with Crippen LogP contribution in [0.25, 0.3) is 0 Å². The Morgan fingerprint density at radius 3 is 2.23 bits per heavy atom. The molecule has 0 heterocycles. The molecule has 0 radical (unpaired) electrons. The van der Waals surface area contributed by atoms with Gasteiger partial charge in [0.15, 0.2) is 0 Å². The van der Waals surface area contributed by atoms with Gasteiger partial charge in [0.25, 0.3) is 0 Å². The molecule has 0 aliphatic heterocycles. The first kappa shape index (κ1) is 24.0. The number of sulfonamides is 1. The molecule has 1 N–H and O–H groups in total. The van der Waals surface area contributed by atoms with E-state index in [2.05, 4.69) is 5.32 Å². The van der Waals surface area contributed by atoms with Crippen molar-refractivity contribution in [1.82, 2.24) is 0 Å². The molecular formula is C20H22Cl2N2O5S. The standard InChI is InChI=1S/C20H22Cl2N2O5S/c1-4-18(24(30(3,27)28)15-9-6-13(21)7-10-15)19(25)23-14-8-11-16(17(22)12-14)20(26)29-5-2/h6-12,18H,4-5H2,1-3H3,(H,23,25)/t18-/m0/s1. The number of hydrogen-bond acceptors (Lipinski definition) is 5. The van der Waals surface area contributed by atoms with Crippen molar-refractivity contribution in [1.29, 1.82) is 0 Å². The summed E-state index contributed by atoms with van der Waals surface area (Å²) in [6.07, 6.45) is 1.25. The lowest BCUT2D eigenvalue weighted by Gasteiger charge is -2.30. The molecule has 0 saturated heterocycles. The maximum atomic E-state index is 12.9. The fourth-order valence-corrected chi connectivity index (χ4v) is 4.44. The number of hydrogen-bond donors (Lipinski definition) is 1. The maximum absolute atomic E-state index is 12.9. The van der Waals surface area contributed by atoms with Gasteiger partial charge in [-0.15, -0.1) is 0 Å². The van der Waals surface area contributed by atoms with Gasteiger partial charge < -0.3 is 10.1 Å². The molecule has 1 amide bonds. The van der Waals surface area contributed by atoms with Gasteiger partial charge in [0, 0.05) is 10.7 Å². The summed E-state index contributed by atoms with van der Waals surface area (Å²) in [5.41, 5.74) is 0.808. The van der Waals surface area contributed by atoms with Crippen LogP contribution in [-0.2, 0) is 19.6 Å². The Bertz CT molecular complexity index is 1030. The van der Waals surface area contributed by atoms with Crippen molar-refractivity contribution in [2.75, 3.05) is 22.5 Å². The molecule has 0 unspecified atom stereocenters. The minimum absolute atomic E-state index is 0.108. The van der Waals surface area contributed by atoms with Crippen molar-refractivity contribution in [3.63, 3.8) is 0 Å². The fraction of sp³-hybridized carbons (Fsp3) is 0.300. The third-order valence-corrected chi connectivity index (χ3v) is 5.89. The smallest absolute Gasteiger partial charge is 0.339 e. The van der Waals surface area contributed by atoms with Crippen LogP contribution in [0.3, 0.4) is 0 Å². The molecule has 0 saturated carbocycles. The number of benzene rings is 2. The quantitative estimate of drug-likeness (QED) is 0.576. The van der Waals surface area contributed by atoms with Gasteiger partial charge in [-0.05, 0) is 55.8 Å². The lowest BCUT2D eigenvalue weighted by atomic mass is 10.1. The number of halogens is 2. The van der Waals surface area contributed by atoms with Gasteiger partial charge in [-0.25, -0.2) is 13.2 Å². The molecule has 0 bridgehead atoms. The number of ether oxygens (including phenoxy) is 1. The molecule has 162 valence electrons. The molecule has 0 fully saturated rings. The Balaban J connectivity index is 2.31. The van der Waals surface area contributed by atoms with Gasteiger partial charge in [-0.1, -0.05) is 30.1 Å². The molecule has 0 spiro atoms. The number of carbonyl (C=O) groups is 2. The first-order chi connectivity index (χ1) is 14.1. The number of amides is 1. The first-order valence-electron chi connectivity index (χ1n) is 9.11. The summed E-state index contributed by atoms with van der Waals surface area (Å²) < 4.78 is 30.9. The molecule has 2 aromatic carbocycles. The summed E-state index contributed by atoms with van der Waals surface area (Å²) in [6, 6.07) is 9.49. The lowest BCUT2D eigenvalue weighted by molar-refractivity contribution is -0.117. The van der Waals surface area contributed by atoms with Crippen LogP contribution in [0.15, 0.2) is 42.5 Å². The van der Waals surface area contributed by atoms with Gasteiger partial charge >= 0.3 is 5.97 Å². The van der Waals surface area contributed by atoms with Gasteiger partial charge in [-0.3, -0.25) is 9.10 Å². The Morgan fingerprint density at radius 2 is 1.73 bits per heavy atom. The van der Waals surface area contributed by atoms with Crippen LogP contribution in [0, 0.1) is 0 Å². The SMILES string of the molecule is CCOC(=O)c1ccc(NC(=O)[C@H](CC)N(c2ccc(Cl)cc2)S(C)(=O)=O)cc1Cl. The molecular weight excluding hydrogens is 451 g/mol. The number of rotatable bonds is 8. The second-order valence-electron chi connectivity index (χ2n) is 6.36. The summed E-state index contributed by atoms with van der Waals surface area (Å²) in [5.74, 6) is -1.12. The summed E-state index contributed by atoms with van der Waals surface area (Å²) >= 11 is 12.0. The Morgan fingerprint density at radius 1 is 1.10 bits per heavy atom. The highest BCUT2D eigenvalue weighted by Crippen LogP contribution is 2.26. The van der Waals surface area contributed by atoms with Gasteiger partial charge in [0.2, 0.25) is 15.9 Å². The van der Waals surface area contributed by atoms with Crippen molar-refractivity contribution in [2.45, 2.75) is 26.3 Å². The number of esters is 1. The number of anilines is 2. The van der Waals surface area contributed by atoms with E-state index in [-0.39, 0.29) is 23.6 Å². The van der Waals surface area contributed by atoms with Crippen LogP contribution in [0.1, 0.15) is 30.6 Å². The monoisotopic (exact) mass is 472 g/mol. The van der Waals surface area contributed by atoms with E-state index < -0.39 is 27.9 Å². The zero-order chi connectivity index (χ0) is 22.5. The lowest BCUT2D eigenvalue weighted by Crippen LogP contribution is -2.47. The average molecular weight is 473 g/mol. The molecule has 2 rings (SSSR count). The zero-order valence-electron chi connectivity index (χ0n) is 16.7. The van der Waals surface area contributed by atoms with E-state index in [4.69, 9.17) is 27.9 Å². The number of carbonyl (C=O) groups excluding carboxylic acids is 2. The van der Waals surface area contributed by atoms with Crippen LogP contribution < -0.4 is 9.62 Å². The largest absolute Gasteiger partial charge is 0.462 e. The van der Waals surface area contributed by atoms with Crippen molar-refractivity contribution in [3.05, 3.63) is 58.1 Å². The van der Waals surface area contributed by atoms with E-state index in [1.165, 1.54) is 30.3 Å². The summed E-state index contributed by atoms with van der Waals surface area (Å²) in [5, 5.41) is 3.21. The third kappa shape index (κ3) is 5.87. The predicted molar refractivity (Wildman–Crippen MR) is 119 cm³/mol. The van der Waals surface area contributed by atoms with E-state index in [0.717, 1.165) is 10.6 Å². The molecule has 30 heavy (non-hydrogen) atoms. The van der Waals surface area contributed by atoms with Crippen LogP contribution in [0.4, 0.5) is 11.4 Å². The average Bonchev–Trinajstić information content (AvgIpc) is 2.66. The topological polar surface area (TPSA) is 92.8 Å². The fourth-order valence-electron chi connectivity index (χ4n) is 2.84. The number of nitrogens with zero attached hydrogens (tertiary/aromatic N) is 1. The highest BCUT2D eigenvalue weighted by molar-refractivity contribution is 7.92. The second-order valence-corrected chi connectivity index (χ2v) is 9.07. The normalized spacial score (nSPS) is 12.2. The van der Waals surface area contributed by atoms with Crippen molar-refractivity contribution >= 4 is 56.5 Å². The zero-order valence-corrected chi connectivity index (χ0v) is 19.0. The van der Waals surface area contributed by atoms with Crippen molar-refractivity contribution < 1.29 is 22.7 Å². The molecule has 0 aliphatic rings. The Labute approximate surface area is 186 Å². The summed E-state index contributed by atoms with van der Waals surface area (Å²) in [6.45, 7) is 3.59. The molecule has 10 heteroatoms.